The largest absolute Gasteiger partial charge is 0.871 e. The number of hydrogen-bond acceptors (Lipinski definition) is 3. The van der Waals surface area contributed by atoms with Crippen LogP contribution in [-0.2, 0) is 9.84 Å². The summed E-state index contributed by atoms with van der Waals surface area (Å²) in [6, 6.07) is 14.4. The first-order valence-corrected chi connectivity index (χ1v) is 7.33. The summed E-state index contributed by atoms with van der Waals surface area (Å²) in [5.74, 6) is -0.394. The molecule has 1 aliphatic rings. The first-order chi connectivity index (χ1) is 9.01. The van der Waals surface area contributed by atoms with E-state index in [1.165, 1.54) is 6.92 Å². The summed E-state index contributed by atoms with van der Waals surface area (Å²) in [4.78, 5) is 0.0315. The fourth-order valence-corrected chi connectivity index (χ4v) is 3.64. The molecule has 19 heavy (non-hydrogen) atoms. The van der Waals surface area contributed by atoms with Crippen molar-refractivity contribution in [2.75, 3.05) is 0 Å². The molecule has 0 spiro atoms. The van der Waals surface area contributed by atoms with E-state index in [-0.39, 0.29) is 15.4 Å². The Morgan fingerprint density at radius 1 is 0.947 bits per heavy atom. The number of hydrogen-bond donors (Lipinski definition) is 0. The maximum Gasteiger partial charge on any atom is 0.202 e. The minimum absolute atomic E-state index is 0.0901. The van der Waals surface area contributed by atoms with Gasteiger partial charge in [-0.25, -0.2) is 8.42 Å². The Kier molecular flexibility index (Phi) is 2.50. The van der Waals surface area contributed by atoms with Crippen LogP contribution in [0.3, 0.4) is 0 Å². The normalized spacial score (nSPS) is 16.5. The van der Waals surface area contributed by atoms with Gasteiger partial charge in [-0.05, 0) is 29.7 Å². The molecule has 0 unspecified atom stereocenters. The van der Waals surface area contributed by atoms with Crippen molar-refractivity contribution >= 4 is 15.6 Å². The summed E-state index contributed by atoms with van der Waals surface area (Å²) in [5.41, 5.74) is 2.00. The van der Waals surface area contributed by atoms with Gasteiger partial charge in [-0.1, -0.05) is 48.2 Å². The van der Waals surface area contributed by atoms with Crippen LogP contribution < -0.4 is 5.11 Å². The first kappa shape index (κ1) is 12.0. The van der Waals surface area contributed by atoms with Gasteiger partial charge in [0, 0.05) is 4.91 Å². The predicted octanol–water partition coefficient (Wildman–Crippen LogP) is 2.19. The number of fused-ring (bicyclic) bond motifs is 1. The molecule has 2 aromatic carbocycles. The predicted molar refractivity (Wildman–Crippen MR) is 71.7 cm³/mol. The molecule has 0 saturated heterocycles. The van der Waals surface area contributed by atoms with Crippen LogP contribution in [0.25, 0.3) is 16.9 Å². The maximum atomic E-state index is 12.1. The van der Waals surface area contributed by atoms with Crippen LogP contribution in [0.5, 0.6) is 0 Å². The molecule has 0 aliphatic carbocycles. The number of benzene rings is 2. The van der Waals surface area contributed by atoms with E-state index in [9.17, 15) is 13.5 Å². The molecular weight excluding hydrogens is 260 g/mol. The highest BCUT2D eigenvalue weighted by Crippen LogP contribution is 2.38. The molecule has 0 amide bonds. The molecule has 3 rings (SSSR count). The number of sulfone groups is 1. The van der Waals surface area contributed by atoms with Crippen LogP contribution in [0.4, 0.5) is 0 Å². The highest BCUT2D eigenvalue weighted by Gasteiger charge is 2.28. The smallest absolute Gasteiger partial charge is 0.202 e. The topological polar surface area (TPSA) is 57.2 Å². The summed E-state index contributed by atoms with van der Waals surface area (Å²) in [7, 11) is -3.60. The molecule has 4 heteroatoms. The molecule has 0 bridgehead atoms. The van der Waals surface area contributed by atoms with E-state index in [1.807, 2.05) is 30.3 Å². The molecule has 96 valence electrons. The lowest BCUT2D eigenvalue weighted by molar-refractivity contribution is -0.244. The van der Waals surface area contributed by atoms with Crippen LogP contribution in [0.2, 0.25) is 0 Å². The summed E-state index contributed by atoms with van der Waals surface area (Å²) in [6.07, 6.45) is 0. The second kappa shape index (κ2) is 3.96. The van der Waals surface area contributed by atoms with Gasteiger partial charge in [0.05, 0.1) is 4.90 Å². The molecule has 0 atom stereocenters. The van der Waals surface area contributed by atoms with Crippen molar-refractivity contribution in [2.24, 2.45) is 0 Å². The van der Waals surface area contributed by atoms with E-state index in [4.69, 9.17) is 0 Å². The fourth-order valence-electron chi connectivity index (χ4n) is 2.22. The third kappa shape index (κ3) is 1.68. The molecule has 0 radical (unpaired) electrons. The Labute approximate surface area is 111 Å². The van der Waals surface area contributed by atoms with Crippen LogP contribution >= 0.6 is 0 Å². The van der Waals surface area contributed by atoms with Crippen molar-refractivity contribution in [3.63, 3.8) is 0 Å². The lowest BCUT2D eigenvalue weighted by atomic mass is 10.0. The molecule has 1 heterocycles. The first-order valence-electron chi connectivity index (χ1n) is 5.84. The zero-order chi connectivity index (χ0) is 13.6. The van der Waals surface area contributed by atoms with Gasteiger partial charge >= 0.3 is 0 Å². The average Bonchev–Trinajstić information content (AvgIpc) is 2.61. The van der Waals surface area contributed by atoms with Crippen LogP contribution in [0.15, 0.2) is 58.3 Å². The monoisotopic (exact) mass is 271 g/mol. The maximum absolute atomic E-state index is 12.1. The zero-order valence-electron chi connectivity index (χ0n) is 10.3. The van der Waals surface area contributed by atoms with E-state index in [0.717, 1.165) is 11.1 Å². The van der Waals surface area contributed by atoms with Gasteiger partial charge in [0.1, 0.15) is 0 Å². The lowest BCUT2D eigenvalue weighted by Gasteiger charge is -2.09. The van der Waals surface area contributed by atoms with Gasteiger partial charge in [-0.2, -0.15) is 0 Å². The Balaban J connectivity index is 2.23. The Morgan fingerprint density at radius 2 is 1.63 bits per heavy atom. The van der Waals surface area contributed by atoms with Crippen molar-refractivity contribution in [1.82, 2.24) is 0 Å². The Bertz CT molecular complexity index is 787. The van der Waals surface area contributed by atoms with Gasteiger partial charge in [0.25, 0.3) is 0 Å². The third-order valence-corrected chi connectivity index (χ3v) is 5.25. The summed E-state index contributed by atoms with van der Waals surface area (Å²) >= 11 is 0. The fraction of sp³-hybridized carbons (Fsp3) is 0.0667. The van der Waals surface area contributed by atoms with Crippen LogP contribution in [0, 0.1) is 0 Å². The van der Waals surface area contributed by atoms with E-state index in [0.29, 0.717) is 0 Å². The third-order valence-electron chi connectivity index (χ3n) is 3.35. The van der Waals surface area contributed by atoms with E-state index in [1.54, 1.807) is 18.2 Å². The minimum Gasteiger partial charge on any atom is -0.871 e. The van der Waals surface area contributed by atoms with Gasteiger partial charge < -0.3 is 5.11 Å². The van der Waals surface area contributed by atoms with Crippen molar-refractivity contribution in [2.45, 2.75) is 11.8 Å². The molecule has 0 fully saturated rings. The highest BCUT2D eigenvalue weighted by molar-refractivity contribution is 7.95. The van der Waals surface area contributed by atoms with Gasteiger partial charge in [0.2, 0.25) is 9.84 Å². The van der Waals surface area contributed by atoms with E-state index < -0.39 is 15.6 Å². The quantitative estimate of drug-likeness (QED) is 0.799. The molecule has 0 saturated carbocycles. The summed E-state index contributed by atoms with van der Waals surface area (Å²) in [6.45, 7) is 1.36. The SMILES string of the molecule is CC1=C([O-])c2ccc(-c3ccccc3)cc2S1(=O)=O. The molecule has 1 aliphatic heterocycles. The zero-order valence-corrected chi connectivity index (χ0v) is 11.1. The van der Waals surface area contributed by atoms with Gasteiger partial charge in [-0.15, -0.1) is 0 Å². The number of allylic oxidation sites excluding steroid dienone is 1. The van der Waals surface area contributed by atoms with Crippen molar-refractivity contribution in [1.29, 1.82) is 0 Å². The Hall–Kier alpha value is -2.07. The van der Waals surface area contributed by atoms with Crippen LogP contribution in [0.1, 0.15) is 12.5 Å². The molecular formula is C15H11O3S-. The summed E-state index contributed by atoms with van der Waals surface area (Å²) in [5, 5.41) is 11.8. The molecule has 0 aromatic heterocycles. The molecule has 2 aromatic rings. The highest BCUT2D eigenvalue weighted by atomic mass is 32.2. The minimum atomic E-state index is -3.60. The van der Waals surface area contributed by atoms with E-state index >= 15 is 0 Å². The second-order valence-electron chi connectivity index (χ2n) is 4.47. The molecule has 0 N–H and O–H groups in total. The van der Waals surface area contributed by atoms with Crippen molar-refractivity contribution in [3.05, 3.63) is 59.0 Å². The van der Waals surface area contributed by atoms with Gasteiger partial charge in [0.15, 0.2) is 0 Å². The average molecular weight is 271 g/mol. The molecule has 3 nitrogen and oxygen atoms in total. The van der Waals surface area contributed by atoms with Crippen molar-refractivity contribution in [3.8, 4) is 11.1 Å². The summed E-state index contributed by atoms with van der Waals surface area (Å²) < 4.78 is 24.2. The van der Waals surface area contributed by atoms with Crippen LogP contribution in [-0.4, -0.2) is 8.42 Å². The van der Waals surface area contributed by atoms with Crippen molar-refractivity contribution < 1.29 is 13.5 Å². The Morgan fingerprint density at radius 3 is 2.32 bits per heavy atom. The van der Waals surface area contributed by atoms with Gasteiger partial charge in [-0.3, -0.25) is 0 Å². The second-order valence-corrected chi connectivity index (χ2v) is 6.52. The standard InChI is InChI=1S/C15H12O3S/c1-10-15(16)13-8-7-12(9-14(13)19(10,17)18)11-5-3-2-4-6-11/h2-9,16H,1H3/p-1. The lowest BCUT2D eigenvalue weighted by Crippen LogP contribution is -2.01. The van der Waals surface area contributed by atoms with E-state index in [2.05, 4.69) is 0 Å². The number of rotatable bonds is 1.